The standard InChI is InChI=1S/C69H68N2/c1-69(2)64-21-13-20-61(52-16-9-5-10-17-52)68(64)62-41-40-60(46-65(62)69)71(59-36-32-51(33-37-59)50-14-7-3-4-8-15-50)67-45-48-23-28-54-27-22-47(24-29-55(67)30-25-48)44-66(54)70(57-18-11-6-12-19-57)58-38-34-53(35-39-58)63-43-49-26-31-56(63)42-49/h5-6,9-13,16-22,25,27,30,32-41,44-46,49-50,56,63H,3-4,7-8,14-15,23-24,26,28-29,31,42-43H2,1-2H3. The van der Waals surface area contributed by atoms with Gasteiger partial charge in [-0.2, -0.15) is 0 Å². The van der Waals surface area contributed by atoms with Gasteiger partial charge in [0.25, 0.3) is 0 Å². The lowest BCUT2D eigenvalue weighted by Gasteiger charge is -2.31. The Morgan fingerprint density at radius 1 is 0.423 bits per heavy atom. The number of hydrogen-bond donors (Lipinski definition) is 0. The quantitative estimate of drug-likeness (QED) is 0.133. The molecule has 354 valence electrons. The fourth-order valence-corrected chi connectivity index (χ4v) is 14.2. The van der Waals surface area contributed by atoms with Gasteiger partial charge < -0.3 is 9.80 Å². The molecule has 8 aromatic rings. The van der Waals surface area contributed by atoms with Crippen LogP contribution in [0.1, 0.15) is 134 Å². The summed E-state index contributed by atoms with van der Waals surface area (Å²) in [7, 11) is 0. The van der Waals surface area contributed by atoms with Crippen LogP contribution in [0.3, 0.4) is 0 Å². The second kappa shape index (κ2) is 18.5. The van der Waals surface area contributed by atoms with E-state index in [9.17, 15) is 0 Å². The maximum Gasteiger partial charge on any atom is 0.0496 e. The first-order chi connectivity index (χ1) is 34.9. The van der Waals surface area contributed by atoms with Crippen molar-refractivity contribution in [2.75, 3.05) is 9.80 Å². The van der Waals surface area contributed by atoms with Crippen molar-refractivity contribution in [3.8, 4) is 22.3 Å². The van der Waals surface area contributed by atoms with Gasteiger partial charge >= 0.3 is 0 Å². The molecule has 0 N–H and O–H groups in total. The molecule has 2 heteroatoms. The van der Waals surface area contributed by atoms with Gasteiger partial charge in [0, 0.05) is 39.5 Å². The number of nitrogens with zero attached hydrogens (tertiary/aromatic N) is 2. The number of hydrogen-bond acceptors (Lipinski definition) is 2. The Bertz CT molecular complexity index is 3190. The molecule has 0 amide bonds. The third-order valence-electron chi connectivity index (χ3n) is 18.0. The zero-order chi connectivity index (χ0) is 47.5. The van der Waals surface area contributed by atoms with Gasteiger partial charge in [-0.3, -0.25) is 0 Å². The normalized spacial score (nSPS) is 19.9. The van der Waals surface area contributed by atoms with Crippen LogP contribution in [0.4, 0.5) is 34.1 Å². The third-order valence-corrected chi connectivity index (χ3v) is 18.0. The summed E-state index contributed by atoms with van der Waals surface area (Å²) in [6.07, 6.45) is 17.5. The van der Waals surface area contributed by atoms with Crippen LogP contribution >= 0.6 is 0 Å². The molecule has 0 heterocycles. The first kappa shape index (κ1) is 44.3. The van der Waals surface area contributed by atoms with Crippen molar-refractivity contribution < 1.29 is 0 Å². The molecule has 71 heavy (non-hydrogen) atoms. The molecule has 8 aliphatic carbocycles. The van der Waals surface area contributed by atoms with Crippen molar-refractivity contribution in [3.63, 3.8) is 0 Å². The van der Waals surface area contributed by atoms with E-state index in [1.165, 1.54) is 160 Å². The van der Waals surface area contributed by atoms with E-state index in [0.717, 1.165) is 43.4 Å². The first-order valence-electron chi connectivity index (χ1n) is 27.4. The molecular weight excluding hydrogens is 857 g/mol. The Hall–Kier alpha value is -6.64. The van der Waals surface area contributed by atoms with Crippen LogP contribution < -0.4 is 9.80 Å². The van der Waals surface area contributed by atoms with Gasteiger partial charge in [0.2, 0.25) is 0 Å². The molecule has 0 aliphatic heterocycles. The van der Waals surface area contributed by atoms with E-state index in [-0.39, 0.29) is 5.41 Å². The molecule has 0 saturated heterocycles. The van der Waals surface area contributed by atoms with E-state index in [2.05, 4.69) is 206 Å². The maximum atomic E-state index is 2.61. The monoisotopic (exact) mass is 925 g/mol. The number of benzene rings is 8. The summed E-state index contributed by atoms with van der Waals surface area (Å²) in [6.45, 7) is 4.86. The Kier molecular flexibility index (Phi) is 11.6. The van der Waals surface area contributed by atoms with E-state index < -0.39 is 0 Å². The molecule has 0 radical (unpaired) electrons. The van der Waals surface area contributed by atoms with Crippen molar-refractivity contribution in [2.45, 2.75) is 121 Å². The van der Waals surface area contributed by atoms with Gasteiger partial charge in [-0.25, -0.2) is 0 Å². The maximum absolute atomic E-state index is 2.61. The van der Waals surface area contributed by atoms with Crippen molar-refractivity contribution in [1.29, 1.82) is 0 Å². The topological polar surface area (TPSA) is 6.48 Å². The Morgan fingerprint density at radius 3 is 1.63 bits per heavy atom. The van der Waals surface area contributed by atoms with E-state index in [1.807, 2.05) is 0 Å². The summed E-state index contributed by atoms with van der Waals surface area (Å²) in [4.78, 5) is 5.16. The fourth-order valence-electron chi connectivity index (χ4n) is 14.2. The van der Waals surface area contributed by atoms with Crippen LogP contribution in [0.5, 0.6) is 0 Å². The van der Waals surface area contributed by atoms with Gasteiger partial charge in [-0.1, -0.05) is 167 Å². The van der Waals surface area contributed by atoms with Crippen molar-refractivity contribution >= 4 is 34.1 Å². The Labute approximate surface area is 423 Å². The molecule has 8 aliphatic rings. The minimum Gasteiger partial charge on any atom is -0.310 e. The van der Waals surface area contributed by atoms with E-state index >= 15 is 0 Å². The minimum atomic E-state index is -0.156. The van der Waals surface area contributed by atoms with Gasteiger partial charge in [-0.05, 0) is 209 Å². The average molecular weight is 925 g/mol. The number of aryl methyl sites for hydroxylation is 4. The summed E-state index contributed by atoms with van der Waals surface area (Å²) in [6, 6.07) is 70.7. The van der Waals surface area contributed by atoms with Crippen molar-refractivity contribution in [1.82, 2.24) is 0 Å². The lowest BCUT2D eigenvalue weighted by Crippen LogP contribution is -2.18. The largest absolute Gasteiger partial charge is 0.310 e. The van der Waals surface area contributed by atoms with Crippen LogP contribution in [0, 0.1) is 11.8 Å². The van der Waals surface area contributed by atoms with Crippen LogP contribution in [0.15, 0.2) is 182 Å². The molecule has 0 spiro atoms. The molecule has 3 atom stereocenters. The molecule has 8 aromatic carbocycles. The second-order valence-electron chi connectivity index (χ2n) is 22.5. The summed E-state index contributed by atoms with van der Waals surface area (Å²) in [5, 5.41) is 0. The van der Waals surface area contributed by atoms with Crippen LogP contribution in [0.2, 0.25) is 0 Å². The summed E-state index contributed by atoms with van der Waals surface area (Å²) < 4.78 is 0. The molecular formula is C69H68N2. The highest BCUT2D eigenvalue weighted by Crippen LogP contribution is 2.55. The summed E-state index contributed by atoms with van der Waals surface area (Å²) in [5.41, 5.74) is 24.1. The van der Waals surface area contributed by atoms with E-state index in [4.69, 9.17) is 0 Å². The number of fused-ring (bicyclic) bond motifs is 5. The number of rotatable bonds is 9. The smallest absolute Gasteiger partial charge is 0.0496 e. The highest BCUT2D eigenvalue weighted by atomic mass is 15.2. The lowest BCUT2D eigenvalue weighted by molar-refractivity contribution is 0.420. The van der Waals surface area contributed by atoms with E-state index in [0.29, 0.717) is 5.92 Å². The zero-order valence-electron chi connectivity index (χ0n) is 41.9. The van der Waals surface area contributed by atoms with Crippen LogP contribution in [0.25, 0.3) is 22.3 Å². The third kappa shape index (κ3) is 8.22. The summed E-state index contributed by atoms with van der Waals surface area (Å²) in [5.74, 6) is 3.21. The molecule has 0 aromatic heterocycles. The van der Waals surface area contributed by atoms with Crippen LogP contribution in [-0.2, 0) is 31.1 Å². The van der Waals surface area contributed by atoms with Crippen molar-refractivity contribution in [2.24, 2.45) is 11.8 Å². The van der Waals surface area contributed by atoms with Gasteiger partial charge in [0.15, 0.2) is 0 Å². The van der Waals surface area contributed by atoms with Gasteiger partial charge in [0.1, 0.15) is 0 Å². The molecule has 3 unspecified atom stereocenters. The van der Waals surface area contributed by atoms with Crippen LogP contribution in [-0.4, -0.2) is 0 Å². The summed E-state index contributed by atoms with van der Waals surface area (Å²) >= 11 is 0. The highest BCUT2D eigenvalue weighted by molar-refractivity contribution is 5.94. The van der Waals surface area contributed by atoms with Gasteiger partial charge in [0.05, 0.1) is 0 Å². The zero-order valence-corrected chi connectivity index (χ0v) is 41.9. The molecule has 3 saturated carbocycles. The number of para-hydroxylation sites is 1. The van der Waals surface area contributed by atoms with Crippen molar-refractivity contribution in [3.05, 3.63) is 226 Å². The second-order valence-corrected chi connectivity index (χ2v) is 22.5. The molecule has 2 nitrogen and oxygen atoms in total. The highest BCUT2D eigenvalue weighted by Gasteiger charge is 2.40. The predicted octanol–water partition coefficient (Wildman–Crippen LogP) is 18.8. The van der Waals surface area contributed by atoms with Gasteiger partial charge in [-0.15, -0.1) is 0 Å². The average Bonchev–Trinajstić information content (AvgIpc) is 4.03. The Balaban J connectivity index is 0.884. The number of anilines is 6. The first-order valence-corrected chi connectivity index (χ1v) is 27.4. The van der Waals surface area contributed by atoms with E-state index in [1.54, 1.807) is 5.56 Å². The molecule has 16 rings (SSSR count). The lowest BCUT2D eigenvalue weighted by atomic mass is 9.81. The SMILES string of the molecule is CC1(C)c2cc(N(c3ccc(C4CCCCCC4)cc3)c3cc4ccc3CCc3ccc(c(N(c5ccccc5)c5ccc(C6CC7CCC6C7)cc5)c3)CC4)ccc2-c2c(-c3ccccc3)cccc21. The molecule has 6 bridgehead atoms. The minimum absolute atomic E-state index is 0.156. The molecule has 3 fully saturated rings. The fraction of sp³-hybridized carbons (Fsp3) is 0.304. The Morgan fingerprint density at radius 2 is 1.01 bits per heavy atom. The predicted molar refractivity (Wildman–Crippen MR) is 299 cm³/mol.